The molecule has 0 spiro atoms. The number of piperidine rings is 1. The summed E-state index contributed by atoms with van der Waals surface area (Å²) in [5.74, 6) is 1.93. The Morgan fingerprint density at radius 1 is 1.37 bits per heavy atom. The molecular weight excluding hydrogens is 346 g/mol. The van der Waals surface area contributed by atoms with Crippen molar-refractivity contribution in [1.82, 2.24) is 25.0 Å². The van der Waals surface area contributed by atoms with Crippen molar-refractivity contribution in [3.63, 3.8) is 0 Å². The fourth-order valence-electron chi connectivity index (χ4n) is 3.18. The maximum absolute atomic E-state index is 12.4. The second-order valence-corrected chi connectivity index (χ2v) is 6.45. The highest BCUT2D eigenvalue weighted by Crippen LogP contribution is 2.22. The van der Waals surface area contributed by atoms with E-state index in [0.717, 1.165) is 19.4 Å². The largest absolute Gasteiger partial charge is 0.465 e. The average Bonchev–Trinajstić information content (AvgIpc) is 3.39. The summed E-state index contributed by atoms with van der Waals surface area (Å²) in [6, 6.07) is 3.60. The molecule has 4 heterocycles. The van der Waals surface area contributed by atoms with Crippen molar-refractivity contribution < 1.29 is 13.7 Å². The van der Waals surface area contributed by atoms with Crippen molar-refractivity contribution in [3.05, 3.63) is 54.7 Å². The quantitative estimate of drug-likeness (QED) is 0.641. The van der Waals surface area contributed by atoms with Gasteiger partial charge in [0, 0.05) is 38.0 Å². The molecule has 3 aromatic heterocycles. The number of nitrogens with zero attached hydrogens (tertiary/aromatic N) is 5. The summed E-state index contributed by atoms with van der Waals surface area (Å²) >= 11 is 0. The molecule has 1 unspecified atom stereocenters. The van der Waals surface area contributed by atoms with Crippen molar-refractivity contribution in [2.24, 2.45) is 5.92 Å². The first-order chi connectivity index (χ1) is 13.3. The van der Waals surface area contributed by atoms with Crippen LogP contribution in [0.5, 0.6) is 0 Å². The summed E-state index contributed by atoms with van der Waals surface area (Å²) in [5, 5.41) is 3.97. The molecule has 27 heavy (non-hydrogen) atoms. The molecule has 1 saturated heterocycles. The summed E-state index contributed by atoms with van der Waals surface area (Å²) in [6.07, 6.45) is 12.2. The Kier molecular flexibility index (Phi) is 5.04. The third-order valence-electron chi connectivity index (χ3n) is 4.49. The number of carbonyl (C=O) groups is 1. The second-order valence-electron chi connectivity index (χ2n) is 6.45. The average molecular weight is 365 g/mol. The van der Waals surface area contributed by atoms with E-state index in [1.807, 2.05) is 11.0 Å². The predicted molar refractivity (Wildman–Crippen MR) is 96.1 cm³/mol. The maximum Gasteiger partial charge on any atom is 0.246 e. The Labute approximate surface area is 155 Å². The molecule has 0 N–H and O–H groups in total. The molecule has 1 atom stereocenters. The Morgan fingerprint density at radius 2 is 2.33 bits per heavy atom. The Bertz CT molecular complexity index is 905. The van der Waals surface area contributed by atoms with Crippen LogP contribution in [-0.2, 0) is 11.2 Å². The van der Waals surface area contributed by atoms with E-state index in [9.17, 15) is 4.79 Å². The lowest BCUT2D eigenvalue weighted by Gasteiger charge is -2.31. The van der Waals surface area contributed by atoms with Gasteiger partial charge >= 0.3 is 0 Å². The first-order valence-electron chi connectivity index (χ1n) is 8.87. The van der Waals surface area contributed by atoms with Crippen LogP contribution in [0.4, 0.5) is 0 Å². The van der Waals surface area contributed by atoms with Crippen LogP contribution in [0.1, 0.15) is 24.5 Å². The molecule has 1 aliphatic heterocycles. The normalized spacial score (nSPS) is 17.5. The van der Waals surface area contributed by atoms with Gasteiger partial charge in [-0.1, -0.05) is 5.16 Å². The summed E-state index contributed by atoms with van der Waals surface area (Å²) in [7, 11) is 0. The van der Waals surface area contributed by atoms with Crippen molar-refractivity contribution in [2.75, 3.05) is 13.1 Å². The zero-order valence-corrected chi connectivity index (χ0v) is 14.7. The van der Waals surface area contributed by atoms with Gasteiger partial charge < -0.3 is 13.8 Å². The van der Waals surface area contributed by atoms with Crippen molar-refractivity contribution in [1.29, 1.82) is 0 Å². The lowest BCUT2D eigenvalue weighted by Crippen LogP contribution is -2.39. The standard InChI is InChI=1S/C19H19N5O3/c25-18(6-5-15-4-2-10-26-15)24-9-1-3-14(13-24)11-17-22-19(23-27-17)16-12-20-7-8-21-16/h2,4-8,10,12,14H,1,3,9,11,13H2/b6-5+. The zero-order valence-electron chi connectivity index (χ0n) is 14.7. The molecule has 0 radical (unpaired) electrons. The van der Waals surface area contributed by atoms with Gasteiger partial charge in [-0.15, -0.1) is 0 Å². The molecule has 1 aliphatic rings. The van der Waals surface area contributed by atoms with E-state index in [-0.39, 0.29) is 11.8 Å². The molecule has 8 nitrogen and oxygen atoms in total. The van der Waals surface area contributed by atoms with E-state index >= 15 is 0 Å². The minimum Gasteiger partial charge on any atom is -0.465 e. The van der Waals surface area contributed by atoms with Crippen LogP contribution in [0.2, 0.25) is 0 Å². The van der Waals surface area contributed by atoms with Crippen LogP contribution in [0.25, 0.3) is 17.6 Å². The van der Waals surface area contributed by atoms with Gasteiger partial charge in [-0.2, -0.15) is 4.98 Å². The summed E-state index contributed by atoms with van der Waals surface area (Å²) < 4.78 is 10.6. The third-order valence-corrected chi connectivity index (χ3v) is 4.49. The van der Waals surface area contributed by atoms with Crippen LogP contribution in [-0.4, -0.2) is 44.0 Å². The van der Waals surface area contributed by atoms with Gasteiger partial charge in [-0.25, -0.2) is 4.98 Å². The number of furan rings is 1. The number of aromatic nitrogens is 4. The zero-order chi connectivity index (χ0) is 18.5. The summed E-state index contributed by atoms with van der Waals surface area (Å²) in [6.45, 7) is 1.43. The summed E-state index contributed by atoms with van der Waals surface area (Å²) in [4.78, 5) is 26.9. The SMILES string of the molecule is O=C(/C=C/c1ccco1)N1CCCC(Cc2nc(-c3cnccn3)no2)C1. The van der Waals surface area contributed by atoms with Crippen LogP contribution < -0.4 is 0 Å². The van der Waals surface area contributed by atoms with E-state index in [2.05, 4.69) is 20.1 Å². The Balaban J connectivity index is 1.36. The van der Waals surface area contributed by atoms with E-state index in [4.69, 9.17) is 8.94 Å². The highest BCUT2D eigenvalue weighted by atomic mass is 16.5. The highest BCUT2D eigenvalue weighted by molar-refractivity contribution is 5.91. The number of hydrogen-bond donors (Lipinski definition) is 0. The monoisotopic (exact) mass is 365 g/mol. The maximum atomic E-state index is 12.4. The summed E-state index contributed by atoms with van der Waals surface area (Å²) in [5.41, 5.74) is 0.580. The molecule has 0 saturated carbocycles. The predicted octanol–water partition coefficient (Wildman–Crippen LogP) is 2.61. The third kappa shape index (κ3) is 4.28. The lowest BCUT2D eigenvalue weighted by atomic mass is 9.94. The Hall–Kier alpha value is -3.29. The first-order valence-corrected chi connectivity index (χ1v) is 8.87. The smallest absolute Gasteiger partial charge is 0.246 e. The number of rotatable bonds is 5. The van der Waals surface area contributed by atoms with Crippen LogP contribution in [0.15, 0.2) is 52.0 Å². The van der Waals surface area contributed by atoms with Crippen molar-refractivity contribution in [2.45, 2.75) is 19.3 Å². The molecule has 0 aromatic carbocycles. The van der Waals surface area contributed by atoms with E-state index in [1.165, 1.54) is 0 Å². The second kappa shape index (κ2) is 7.94. The fraction of sp³-hybridized carbons (Fsp3) is 0.316. The van der Waals surface area contributed by atoms with Gasteiger partial charge in [0.15, 0.2) is 0 Å². The lowest BCUT2D eigenvalue weighted by molar-refractivity contribution is -0.127. The van der Waals surface area contributed by atoms with Crippen molar-refractivity contribution in [3.8, 4) is 11.5 Å². The first kappa shape index (κ1) is 17.1. The topological polar surface area (TPSA) is 98.2 Å². The molecular formula is C19H19N5O3. The molecule has 0 aliphatic carbocycles. The van der Waals surface area contributed by atoms with Gasteiger partial charge in [-0.3, -0.25) is 9.78 Å². The molecule has 4 rings (SSSR count). The van der Waals surface area contributed by atoms with Crippen LogP contribution in [0, 0.1) is 5.92 Å². The molecule has 138 valence electrons. The van der Waals surface area contributed by atoms with Gasteiger partial charge in [0.05, 0.1) is 12.5 Å². The number of amides is 1. The van der Waals surface area contributed by atoms with Gasteiger partial charge in [-0.05, 0) is 37.0 Å². The number of likely N-dealkylation sites (tertiary alicyclic amines) is 1. The van der Waals surface area contributed by atoms with Crippen molar-refractivity contribution >= 4 is 12.0 Å². The molecule has 1 fully saturated rings. The van der Waals surface area contributed by atoms with E-state index in [1.54, 1.807) is 43.1 Å². The van der Waals surface area contributed by atoms with Gasteiger partial charge in [0.25, 0.3) is 0 Å². The van der Waals surface area contributed by atoms with Gasteiger partial charge in [0.2, 0.25) is 17.6 Å². The van der Waals surface area contributed by atoms with E-state index in [0.29, 0.717) is 36.1 Å². The highest BCUT2D eigenvalue weighted by Gasteiger charge is 2.24. The Morgan fingerprint density at radius 3 is 3.15 bits per heavy atom. The molecule has 3 aromatic rings. The van der Waals surface area contributed by atoms with E-state index < -0.39 is 0 Å². The van der Waals surface area contributed by atoms with Gasteiger partial charge in [0.1, 0.15) is 11.5 Å². The molecule has 0 bridgehead atoms. The molecule has 8 heteroatoms. The fourth-order valence-corrected chi connectivity index (χ4v) is 3.18. The minimum atomic E-state index is -0.0121. The number of carbonyl (C=O) groups excluding carboxylic acids is 1. The minimum absolute atomic E-state index is 0.0121. The number of hydrogen-bond acceptors (Lipinski definition) is 7. The van der Waals surface area contributed by atoms with Crippen LogP contribution in [0.3, 0.4) is 0 Å². The molecule has 1 amide bonds. The van der Waals surface area contributed by atoms with Crippen LogP contribution >= 0.6 is 0 Å².